The molecule has 1 unspecified atom stereocenters. The van der Waals surface area contributed by atoms with Gasteiger partial charge >= 0.3 is 0 Å². The van der Waals surface area contributed by atoms with Crippen LogP contribution in [-0.2, 0) is 9.53 Å². The summed E-state index contributed by atoms with van der Waals surface area (Å²) >= 11 is 7.26. The lowest BCUT2D eigenvalue weighted by atomic mass is 10.3. The number of aromatic nitrogens is 1. The van der Waals surface area contributed by atoms with Crippen LogP contribution in [0, 0.1) is 0 Å². The van der Waals surface area contributed by atoms with Crippen LogP contribution in [0.3, 0.4) is 0 Å². The van der Waals surface area contributed by atoms with Crippen LogP contribution in [0.4, 0.5) is 5.13 Å². The Balaban J connectivity index is 2.22. The summed E-state index contributed by atoms with van der Waals surface area (Å²) in [7, 11) is 1.49. The fourth-order valence-electron chi connectivity index (χ4n) is 1.27. The van der Waals surface area contributed by atoms with Crippen LogP contribution in [0.2, 0.25) is 5.02 Å². The molecular formula is C11H11ClN2O2S. The van der Waals surface area contributed by atoms with E-state index in [4.69, 9.17) is 16.3 Å². The van der Waals surface area contributed by atoms with Gasteiger partial charge < -0.3 is 4.74 Å². The minimum atomic E-state index is -0.495. The maximum absolute atomic E-state index is 11.6. The zero-order chi connectivity index (χ0) is 12.4. The number of hydrogen-bond donors (Lipinski definition) is 1. The SMILES string of the molecule is COC(C)C(=O)Nc1nc2ccc(Cl)cc2s1. The van der Waals surface area contributed by atoms with Gasteiger partial charge in [0.25, 0.3) is 5.91 Å². The van der Waals surface area contributed by atoms with E-state index in [1.165, 1.54) is 18.4 Å². The highest BCUT2D eigenvalue weighted by Gasteiger charge is 2.13. The van der Waals surface area contributed by atoms with Crippen LogP contribution in [0.1, 0.15) is 6.92 Å². The van der Waals surface area contributed by atoms with E-state index in [0.29, 0.717) is 10.2 Å². The van der Waals surface area contributed by atoms with Gasteiger partial charge in [0.1, 0.15) is 6.10 Å². The Morgan fingerprint density at radius 3 is 3.06 bits per heavy atom. The van der Waals surface area contributed by atoms with Crippen molar-refractivity contribution in [1.29, 1.82) is 0 Å². The minimum absolute atomic E-state index is 0.211. The van der Waals surface area contributed by atoms with Crippen LogP contribution < -0.4 is 5.32 Å². The van der Waals surface area contributed by atoms with Gasteiger partial charge in [-0.2, -0.15) is 0 Å². The number of rotatable bonds is 3. The van der Waals surface area contributed by atoms with Crippen molar-refractivity contribution < 1.29 is 9.53 Å². The molecule has 1 N–H and O–H groups in total. The molecular weight excluding hydrogens is 260 g/mol. The van der Waals surface area contributed by atoms with Crippen LogP contribution >= 0.6 is 22.9 Å². The lowest BCUT2D eigenvalue weighted by molar-refractivity contribution is -0.124. The number of carbonyl (C=O) groups excluding carboxylic acids is 1. The maximum Gasteiger partial charge on any atom is 0.254 e. The summed E-state index contributed by atoms with van der Waals surface area (Å²) in [6, 6.07) is 5.42. The molecule has 1 aromatic heterocycles. The highest BCUT2D eigenvalue weighted by molar-refractivity contribution is 7.22. The van der Waals surface area contributed by atoms with Gasteiger partial charge in [-0.25, -0.2) is 4.98 Å². The summed E-state index contributed by atoms with van der Waals surface area (Å²) in [5.41, 5.74) is 0.819. The fourth-order valence-corrected chi connectivity index (χ4v) is 2.41. The molecule has 0 aliphatic carbocycles. The van der Waals surface area contributed by atoms with Crippen LogP contribution in [-0.4, -0.2) is 24.1 Å². The predicted octanol–water partition coefficient (Wildman–Crippen LogP) is 2.92. The first kappa shape index (κ1) is 12.3. The first-order valence-corrected chi connectivity index (χ1v) is 6.19. The smallest absolute Gasteiger partial charge is 0.254 e. The molecule has 0 aliphatic rings. The Kier molecular flexibility index (Phi) is 3.61. The number of amides is 1. The van der Waals surface area contributed by atoms with E-state index < -0.39 is 6.10 Å². The Morgan fingerprint density at radius 2 is 2.35 bits per heavy atom. The monoisotopic (exact) mass is 270 g/mol. The summed E-state index contributed by atoms with van der Waals surface area (Å²) in [4.78, 5) is 15.9. The summed E-state index contributed by atoms with van der Waals surface area (Å²) in [6.45, 7) is 1.68. The average molecular weight is 271 g/mol. The third-order valence-electron chi connectivity index (χ3n) is 2.30. The molecule has 0 saturated carbocycles. The standard InChI is InChI=1S/C11H11ClN2O2S/c1-6(16-2)10(15)14-11-13-8-4-3-7(12)5-9(8)17-11/h3-6H,1-2H3,(H,13,14,15). The number of anilines is 1. The van der Waals surface area contributed by atoms with Gasteiger partial charge in [0, 0.05) is 12.1 Å². The van der Waals surface area contributed by atoms with E-state index in [-0.39, 0.29) is 5.91 Å². The van der Waals surface area contributed by atoms with E-state index in [2.05, 4.69) is 10.3 Å². The number of thiazole rings is 1. The zero-order valence-electron chi connectivity index (χ0n) is 9.36. The lowest BCUT2D eigenvalue weighted by Gasteiger charge is -2.07. The number of nitrogens with zero attached hydrogens (tertiary/aromatic N) is 1. The van der Waals surface area contributed by atoms with Gasteiger partial charge in [-0.15, -0.1) is 0 Å². The molecule has 0 radical (unpaired) electrons. The number of benzene rings is 1. The van der Waals surface area contributed by atoms with Gasteiger partial charge in [0.2, 0.25) is 0 Å². The Morgan fingerprint density at radius 1 is 1.59 bits per heavy atom. The number of fused-ring (bicyclic) bond motifs is 1. The van der Waals surface area contributed by atoms with Crippen LogP contribution in [0.5, 0.6) is 0 Å². The molecule has 2 rings (SSSR count). The van der Waals surface area contributed by atoms with Gasteiger partial charge in [-0.05, 0) is 25.1 Å². The molecule has 17 heavy (non-hydrogen) atoms. The van der Waals surface area contributed by atoms with Crippen LogP contribution in [0.15, 0.2) is 18.2 Å². The van der Waals surface area contributed by atoms with Crippen molar-refractivity contribution in [3.63, 3.8) is 0 Å². The quantitative estimate of drug-likeness (QED) is 0.933. The van der Waals surface area contributed by atoms with E-state index in [1.807, 2.05) is 12.1 Å². The Hall–Kier alpha value is -1.17. The second-order valence-corrected chi connectivity index (χ2v) is 4.97. The van der Waals surface area contributed by atoms with Crippen molar-refractivity contribution in [3.8, 4) is 0 Å². The molecule has 0 bridgehead atoms. The summed E-state index contributed by atoms with van der Waals surface area (Å²) in [5.74, 6) is -0.211. The van der Waals surface area contributed by atoms with E-state index in [0.717, 1.165) is 10.2 Å². The van der Waals surface area contributed by atoms with E-state index in [1.54, 1.807) is 13.0 Å². The number of halogens is 1. The summed E-state index contributed by atoms with van der Waals surface area (Å²) in [5, 5.41) is 3.91. The number of ether oxygens (including phenoxy) is 1. The normalized spacial score (nSPS) is 12.6. The van der Waals surface area contributed by atoms with Gasteiger partial charge in [-0.1, -0.05) is 22.9 Å². The highest BCUT2D eigenvalue weighted by Crippen LogP contribution is 2.28. The van der Waals surface area contributed by atoms with Crippen molar-refractivity contribution >= 4 is 44.2 Å². The molecule has 6 heteroatoms. The third-order valence-corrected chi connectivity index (χ3v) is 3.47. The highest BCUT2D eigenvalue weighted by atomic mass is 35.5. The van der Waals surface area contributed by atoms with Crippen molar-refractivity contribution in [2.24, 2.45) is 0 Å². The third kappa shape index (κ3) is 2.74. The molecule has 0 saturated heterocycles. The molecule has 1 atom stereocenters. The number of carbonyl (C=O) groups is 1. The zero-order valence-corrected chi connectivity index (χ0v) is 10.9. The van der Waals surface area contributed by atoms with E-state index >= 15 is 0 Å². The van der Waals surface area contributed by atoms with Gasteiger partial charge in [-0.3, -0.25) is 10.1 Å². The Bertz CT molecular complexity index is 555. The molecule has 0 fully saturated rings. The first-order chi connectivity index (χ1) is 8.10. The van der Waals surface area contributed by atoms with Gasteiger partial charge in [0.05, 0.1) is 10.2 Å². The summed E-state index contributed by atoms with van der Waals surface area (Å²) in [6.07, 6.45) is -0.495. The molecule has 4 nitrogen and oxygen atoms in total. The lowest BCUT2D eigenvalue weighted by Crippen LogP contribution is -2.26. The number of methoxy groups -OCH3 is 1. The van der Waals surface area contributed by atoms with Crippen molar-refractivity contribution in [3.05, 3.63) is 23.2 Å². The number of nitrogens with one attached hydrogen (secondary N) is 1. The molecule has 2 aromatic rings. The Labute approximate surface area is 108 Å². The first-order valence-electron chi connectivity index (χ1n) is 5.00. The van der Waals surface area contributed by atoms with Crippen molar-refractivity contribution in [2.75, 3.05) is 12.4 Å². The van der Waals surface area contributed by atoms with Gasteiger partial charge in [0.15, 0.2) is 5.13 Å². The largest absolute Gasteiger partial charge is 0.372 e. The predicted molar refractivity (Wildman–Crippen MR) is 69.7 cm³/mol. The topological polar surface area (TPSA) is 51.2 Å². The average Bonchev–Trinajstić information content (AvgIpc) is 2.69. The molecule has 1 aromatic carbocycles. The molecule has 1 amide bonds. The number of hydrogen-bond acceptors (Lipinski definition) is 4. The second-order valence-electron chi connectivity index (χ2n) is 3.50. The van der Waals surface area contributed by atoms with E-state index in [9.17, 15) is 4.79 Å². The van der Waals surface area contributed by atoms with Crippen molar-refractivity contribution in [2.45, 2.75) is 13.0 Å². The fraction of sp³-hybridized carbons (Fsp3) is 0.273. The molecule has 1 heterocycles. The van der Waals surface area contributed by atoms with Crippen molar-refractivity contribution in [1.82, 2.24) is 4.98 Å². The molecule has 0 spiro atoms. The minimum Gasteiger partial charge on any atom is -0.372 e. The maximum atomic E-state index is 11.6. The molecule has 0 aliphatic heterocycles. The molecule has 90 valence electrons. The second kappa shape index (κ2) is 5.00. The summed E-state index contributed by atoms with van der Waals surface area (Å²) < 4.78 is 5.86. The van der Waals surface area contributed by atoms with Crippen LogP contribution in [0.25, 0.3) is 10.2 Å².